The first kappa shape index (κ1) is 14.7. The van der Waals surface area contributed by atoms with E-state index in [-0.39, 0.29) is 18.2 Å². The van der Waals surface area contributed by atoms with Gasteiger partial charge in [0, 0.05) is 19.2 Å². The fourth-order valence-electron chi connectivity index (χ4n) is 3.58. The maximum absolute atomic E-state index is 13.6. The number of fused-ring (bicyclic) bond motifs is 1. The number of carbonyl (C=O) groups is 2. The Labute approximate surface area is 125 Å². The number of likely N-dealkylation sites (tertiary alicyclic amines) is 1. The molecule has 0 aromatic heterocycles. The van der Waals surface area contributed by atoms with Crippen molar-refractivity contribution >= 4 is 17.7 Å². The van der Waals surface area contributed by atoms with E-state index in [1.54, 1.807) is 0 Å². The van der Waals surface area contributed by atoms with E-state index in [1.807, 2.05) is 0 Å². The highest BCUT2D eigenvalue weighted by molar-refractivity contribution is 5.90. The summed E-state index contributed by atoms with van der Waals surface area (Å²) in [6, 6.07) is 2.33. The van der Waals surface area contributed by atoms with E-state index in [0.717, 1.165) is 25.0 Å². The summed E-state index contributed by atoms with van der Waals surface area (Å²) in [6.07, 6.45) is 2.18. The molecule has 1 aromatic carbocycles. The fraction of sp³-hybridized carbons (Fsp3) is 0.467. The Balaban J connectivity index is 1.73. The van der Waals surface area contributed by atoms with Gasteiger partial charge in [-0.1, -0.05) is 6.42 Å². The molecule has 0 radical (unpaired) electrons. The number of carboxylic acids is 1. The van der Waals surface area contributed by atoms with Crippen LogP contribution in [0.5, 0.6) is 0 Å². The van der Waals surface area contributed by atoms with Gasteiger partial charge in [0.1, 0.15) is 11.6 Å². The van der Waals surface area contributed by atoms with Gasteiger partial charge in [-0.25, -0.2) is 13.6 Å². The van der Waals surface area contributed by atoms with Gasteiger partial charge in [0.2, 0.25) is 0 Å². The lowest BCUT2D eigenvalue weighted by molar-refractivity contribution is -0.149. The number of rotatable bonds is 2. The van der Waals surface area contributed by atoms with Crippen molar-refractivity contribution in [2.75, 3.05) is 18.4 Å². The molecule has 2 fully saturated rings. The molecule has 5 nitrogen and oxygen atoms in total. The van der Waals surface area contributed by atoms with Gasteiger partial charge in [0.25, 0.3) is 0 Å². The molecular formula is C15H16F2N2O3. The average molecular weight is 310 g/mol. The average Bonchev–Trinajstić information content (AvgIpc) is 2.99. The Morgan fingerprint density at radius 3 is 2.77 bits per heavy atom. The molecule has 2 amide bonds. The first-order valence-electron chi connectivity index (χ1n) is 7.17. The van der Waals surface area contributed by atoms with Gasteiger partial charge >= 0.3 is 12.0 Å². The molecule has 1 aromatic rings. The van der Waals surface area contributed by atoms with Crippen LogP contribution in [0, 0.1) is 23.0 Å². The van der Waals surface area contributed by atoms with Crippen molar-refractivity contribution < 1.29 is 23.5 Å². The SMILES string of the molecule is O=C(Nc1ccc(F)cc1F)N1C[C@@H]2CCC[C@@]2(C(=O)O)C1. The largest absolute Gasteiger partial charge is 0.481 e. The third-order valence-electron chi connectivity index (χ3n) is 4.76. The summed E-state index contributed by atoms with van der Waals surface area (Å²) in [5.74, 6) is -2.52. The zero-order chi connectivity index (χ0) is 15.9. The Morgan fingerprint density at radius 1 is 1.36 bits per heavy atom. The molecule has 1 aliphatic heterocycles. The summed E-state index contributed by atoms with van der Waals surface area (Å²) in [6.45, 7) is 0.475. The van der Waals surface area contributed by atoms with Crippen LogP contribution < -0.4 is 5.32 Å². The second kappa shape index (κ2) is 5.23. The maximum atomic E-state index is 13.6. The Kier molecular flexibility index (Phi) is 3.50. The zero-order valence-corrected chi connectivity index (χ0v) is 11.8. The number of benzene rings is 1. The van der Waals surface area contributed by atoms with Crippen LogP contribution in [0.1, 0.15) is 19.3 Å². The standard InChI is InChI=1S/C15H16F2N2O3/c16-10-3-4-12(11(17)6-10)18-14(22)19-7-9-2-1-5-15(9,8-19)13(20)21/h3-4,6,9H,1-2,5,7-8H2,(H,18,22)(H,20,21)/t9-,15+/m0/s1. The molecule has 1 heterocycles. The normalized spacial score (nSPS) is 26.8. The summed E-state index contributed by atoms with van der Waals surface area (Å²) in [5.41, 5.74) is -0.994. The van der Waals surface area contributed by atoms with Crippen molar-refractivity contribution in [3.8, 4) is 0 Å². The van der Waals surface area contributed by atoms with Crippen molar-refractivity contribution in [2.24, 2.45) is 11.3 Å². The van der Waals surface area contributed by atoms with E-state index in [1.165, 1.54) is 4.90 Å². The van der Waals surface area contributed by atoms with Gasteiger partial charge in [-0.05, 0) is 30.9 Å². The van der Waals surface area contributed by atoms with Crippen LogP contribution in [0.3, 0.4) is 0 Å². The number of anilines is 1. The monoisotopic (exact) mass is 310 g/mol. The first-order chi connectivity index (χ1) is 10.4. The first-order valence-corrected chi connectivity index (χ1v) is 7.17. The second-order valence-corrected chi connectivity index (χ2v) is 5.99. The van der Waals surface area contributed by atoms with Gasteiger partial charge in [0.15, 0.2) is 0 Å². The van der Waals surface area contributed by atoms with Crippen molar-refractivity contribution in [1.29, 1.82) is 0 Å². The van der Waals surface area contributed by atoms with Crippen LogP contribution in [0.2, 0.25) is 0 Å². The summed E-state index contributed by atoms with van der Waals surface area (Å²) in [4.78, 5) is 25.2. The highest BCUT2D eigenvalue weighted by atomic mass is 19.1. The van der Waals surface area contributed by atoms with Gasteiger partial charge in [-0.2, -0.15) is 0 Å². The smallest absolute Gasteiger partial charge is 0.321 e. The van der Waals surface area contributed by atoms with Crippen LogP contribution in [-0.2, 0) is 4.79 Å². The van der Waals surface area contributed by atoms with Crippen molar-refractivity contribution in [2.45, 2.75) is 19.3 Å². The van der Waals surface area contributed by atoms with E-state index in [2.05, 4.69) is 5.32 Å². The summed E-state index contributed by atoms with van der Waals surface area (Å²) < 4.78 is 26.4. The van der Waals surface area contributed by atoms with E-state index < -0.39 is 29.0 Å². The van der Waals surface area contributed by atoms with Gasteiger partial charge < -0.3 is 15.3 Å². The van der Waals surface area contributed by atoms with E-state index in [4.69, 9.17) is 0 Å². The number of aliphatic carboxylic acids is 1. The number of halogens is 2. The minimum atomic E-state index is -0.877. The lowest BCUT2D eigenvalue weighted by Crippen LogP contribution is -2.38. The molecule has 0 bridgehead atoms. The number of amides is 2. The lowest BCUT2D eigenvalue weighted by atomic mass is 9.81. The third-order valence-corrected chi connectivity index (χ3v) is 4.76. The molecule has 1 saturated carbocycles. The van der Waals surface area contributed by atoms with Crippen molar-refractivity contribution in [3.63, 3.8) is 0 Å². The predicted molar refractivity (Wildman–Crippen MR) is 74.4 cm³/mol. The summed E-state index contributed by atoms with van der Waals surface area (Å²) in [5, 5.41) is 11.9. The lowest BCUT2D eigenvalue weighted by Gasteiger charge is -2.23. The molecule has 22 heavy (non-hydrogen) atoms. The predicted octanol–water partition coefficient (Wildman–Crippen LogP) is 2.68. The Morgan fingerprint density at radius 2 is 2.14 bits per heavy atom. The summed E-state index contributed by atoms with van der Waals surface area (Å²) >= 11 is 0. The van der Waals surface area contributed by atoms with Crippen LogP contribution >= 0.6 is 0 Å². The fourth-order valence-corrected chi connectivity index (χ4v) is 3.58. The van der Waals surface area contributed by atoms with E-state index in [0.29, 0.717) is 19.0 Å². The molecule has 1 saturated heterocycles. The van der Waals surface area contributed by atoms with Gasteiger partial charge in [-0.15, -0.1) is 0 Å². The molecule has 2 aliphatic rings. The van der Waals surface area contributed by atoms with Crippen LogP contribution in [0.4, 0.5) is 19.3 Å². The molecular weight excluding hydrogens is 294 g/mol. The molecule has 3 rings (SSSR count). The van der Waals surface area contributed by atoms with Crippen LogP contribution in [-0.4, -0.2) is 35.1 Å². The third kappa shape index (κ3) is 2.30. The quantitative estimate of drug-likeness (QED) is 0.882. The zero-order valence-electron chi connectivity index (χ0n) is 11.8. The highest BCUT2D eigenvalue weighted by Crippen LogP contribution is 2.48. The molecule has 118 valence electrons. The number of carboxylic acid groups (broad SMARTS) is 1. The molecule has 1 aliphatic carbocycles. The number of hydrogen-bond donors (Lipinski definition) is 2. The van der Waals surface area contributed by atoms with Crippen LogP contribution in [0.15, 0.2) is 18.2 Å². The Hall–Kier alpha value is -2.18. The number of nitrogens with zero attached hydrogens (tertiary/aromatic N) is 1. The topological polar surface area (TPSA) is 69.6 Å². The van der Waals surface area contributed by atoms with E-state index in [9.17, 15) is 23.5 Å². The molecule has 2 atom stereocenters. The Bertz CT molecular complexity index is 637. The van der Waals surface area contributed by atoms with Gasteiger partial charge in [-0.3, -0.25) is 4.79 Å². The maximum Gasteiger partial charge on any atom is 0.321 e. The summed E-state index contributed by atoms with van der Waals surface area (Å²) in [7, 11) is 0. The van der Waals surface area contributed by atoms with Crippen LogP contribution in [0.25, 0.3) is 0 Å². The number of hydrogen-bond acceptors (Lipinski definition) is 2. The molecule has 2 N–H and O–H groups in total. The highest BCUT2D eigenvalue weighted by Gasteiger charge is 2.55. The van der Waals surface area contributed by atoms with Crippen molar-refractivity contribution in [3.05, 3.63) is 29.8 Å². The minimum absolute atomic E-state index is 0.0613. The number of nitrogens with one attached hydrogen (secondary N) is 1. The number of carbonyl (C=O) groups excluding carboxylic acids is 1. The molecule has 0 unspecified atom stereocenters. The minimum Gasteiger partial charge on any atom is -0.481 e. The number of urea groups is 1. The van der Waals surface area contributed by atoms with Gasteiger partial charge in [0.05, 0.1) is 11.1 Å². The van der Waals surface area contributed by atoms with Crippen molar-refractivity contribution in [1.82, 2.24) is 4.90 Å². The van der Waals surface area contributed by atoms with E-state index >= 15 is 0 Å². The molecule has 0 spiro atoms. The second-order valence-electron chi connectivity index (χ2n) is 5.99. The molecule has 7 heteroatoms.